The van der Waals surface area contributed by atoms with Crippen LogP contribution >= 0.6 is 7.82 Å². The van der Waals surface area contributed by atoms with Crippen molar-refractivity contribution < 1.29 is 42.1 Å². The molecule has 0 aromatic rings. The molecule has 0 saturated heterocycles. The monoisotopic (exact) mass is 976 g/mol. The van der Waals surface area contributed by atoms with Crippen molar-refractivity contribution in [3.8, 4) is 0 Å². The Morgan fingerprint density at radius 3 is 1.26 bits per heavy atom. The molecule has 0 spiro atoms. The summed E-state index contributed by atoms with van der Waals surface area (Å²) in [5.74, 6) is -0.839. The second-order valence-corrected chi connectivity index (χ2v) is 21.3. The highest BCUT2D eigenvalue weighted by Gasteiger charge is 2.21. The summed E-state index contributed by atoms with van der Waals surface area (Å²) in [7, 11) is 1.17. The lowest BCUT2D eigenvalue weighted by atomic mass is 10.0. The summed E-state index contributed by atoms with van der Waals surface area (Å²) in [6, 6.07) is 0. The number of rotatable bonds is 51. The van der Waals surface area contributed by atoms with Gasteiger partial charge >= 0.3 is 11.9 Å². The molecule has 0 aromatic carbocycles. The van der Waals surface area contributed by atoms with Crippen LogP contribution in [-0.2, 0) is 32.7 Å². The minimum Gasteiger partial charge on any atom is -0.756 e. The standard InChI is InChI=1S/C58H106NO8P/c1-6-8-10-12-14-16-18-19-20-21-22-23-24-25-26-27-28-29-30-31-32-33-34-35-36-37-38-39-41-43-45-47-49-51-58(61)67-56(55-66-68(62,63)65-53-52-59(3,4)5)54-64-57(60)50-48-46-44-42-40-17-15-13-11-9-7-2/h8,10,13-16,19-20,22-23,56H,6-7,9,11-12,17-18,21,24-55H2,1-5H3/b10-8-,15-13-,16-14-,20-19-,23-22-. The van der Waals surface area contributed by atoms with Crippen molar-refractivity contribution >= 4 is 19.8 Å². The van der Waals surface area contributed by atoms with Crippen LogP contribution in [-0.4, -0.2) is 70.0 Å². The number of esters is 2. The zero-order valence-electron chi connectivity index (χ0n) is 44.8. The number of likely N-dealkylation sites (N-methyl/N-ethyl adjacent to an activating group) is 1. The molecule has 0 aliphatic carbocycles. The number of phosphoric ester groups is 1. The molecule has 0 saturated carbocycles. The summed E-state index contributed by atoms with van der Waals surface area (Å²) in [4.78, 5) is 37.7. The van der Waals surface area contributed by atoms with Crippen LogP contribution in [0.2, 0.25) is 0 Å². The first-order valence-corrected chi connectivity index (χ1v) is 29.5. The predicted molar refractivity (Wildman–Crippen MR) is 287 cm³/mol. The highest BCUT2D eigenvalue weighted by Crippen LogP contribution is 2.38. The number of nitrogens with zero attached hydrogens (tertiary/aromatic N) is 1. The molecule has 0 amide bonds. The van der Waals surface area contributed by atoms with E-state index in [4.69, 9.17) is 18.5 Å². The Morgan fingerprint density at radius 2 is 0.838 bits per heavy atom. The van der Waals surface area contributed by atoms with Crippen molar-refractivity contribution in [2.45, 2.75) is 251 Å². The molecule has 396 valence electrons. The summed E-state index contributed by atoms with van der Waals surface area (Å²) < 4.78 is 34.0. The fourth-order valence-corrected chi connectivity index (χ4v) is 8.42. The van der Waals surface area contributed by atoms with Crippen LogP contribution < -0.4 is 4.89 Å². The lowest BCUT2D eigenvalue weighted by Gasteiger charge is -2.28. The molecule has 0 bridgehead atoms. The topological polar surface area (TPSA) is 111 Å². The maximum absolute atomic E-state index is 12.8. The van der Waals surface area contributed by atoms with Gasteiger partial charge in [-0.15, -0.1) is 0 Å². The van der Waals surface area contributed by atoms with Crippen LogP contribution in [0.3, 0.4) is 0 Å². The first kappa shape index (κ1) is 65.7. The number of hydrogen-bond donors (Lipinski definition) is 0. The van der Waals surface area contributed by atoms with E-state index < -0.39 is 32.5 Å². The van der Waals surface area contributed by atoms with E-state index in [1.807, 2.05) is 21.1 Å². The molecule has 0 radical (unpaired) electrons. The van der Waals surface area contributed by atoms with Gasteiger partial charge in [-0.25, -0.2) is 0 Å². The Morgan fingerprint density at radius 1 is 0.471 bits per heavy atom. The van der Waals surface area contributed by atoms with Crippen molar-refractivity contribution in [3.63, 3.8) is 0 Å². The van der Waals surface area contributed by atoms with Crippen molar-refractivity contribution in [2.24, 2.45) is 0 Å². The molecule has 0 aromatic heterocycles. The maximum Gasteiger partial charge on any atom is 0.306 e. The van der Waals surface area contributed by atoms with E-state index in [2.05, 4.69) is 74.6 Å². The molecule has 9 nitrogen and oxygen atoms in total. The second-order valence-electron chi connectivity index (χ2n) is 19.9. The Kier molecular flexibility index (Phi) is 48.0. The largest absolute Gasteiger partial charge is 0.756 e. The summed E-state index contributed by atoms with van der Waals surface area (Å²) >= 11 is 0. The molecule has 0 aliphatic heterocycles. The number of allylic oxidation sites excluding steroid dienone is 10. The van der Waals surface area contributed by atoms with Crippen molar-refractivity contribution in [1.82, 2.24) is 0 Å². The fraction of sp³-hybridized carbons (Fsp3) is 0.793. The molecule has 2 atom stereocenters. The molecular weight excluding hydrogens is 870 g/mol. The minimum atomic E-state index is -4.63. The van der Waals surface area contributed by atoms with Gasteiger partial charge in [0.25, 0.3) is 7.82 Å². The van der Waals surface area contributed by atoms with Crippen LogP contribution in [0.15, 0.2) is 60.8 Å². The zero-order valence-corrected chi connectivity index (χ0v) is 45.7. The third-order valence-corrected chi connectivity index (χ3v) is 13.0. The quantitative estimate of drug-likeness (QED) is 0.0195. The van der Waals surface area contributed by atoms with Crippen LogP contribution in [0.5, 0.6) is 0 Å². The second kappa shape index (κ2) is 49.7. The third-order valence-electron chi connectivity index (χ3n) is 12.0. The number of carbonyl (C=O) groups is 2. The van der Waals surface area contributed by atoms with Gasteiger partial charge < -0.3 is 27.9 Å². The SMILES string of the molecule is CC/C=C\C/C=C\C/C=C\C/C=C\CCCCCCCCCCCCCCCCCCCCCCC(=O)OC(COC(=O)CCCCCCC/C=C\CCCC)COP(=O)([O-])OCC[N+](C)(C)C. The molecule has 0 aliphatic rings. The van der Waals surface area contributed by atoms with E-state index in [9.17, 15) is 19.0 Å². The number of quaternary nitrogens is 1. The molecule has 10 heteroatoms. The van der Waals surface area contributed by atoms with E-state index in [-0.39, 0.29) is 26.1 Å². The van der Waals surface area contributed by atoms with Gasteiger partial charge in [0.1, 0.15) is 19.8 Å². The van der Waals surface area contributed by atoms with Gasteiger partial charge in [-0.1, -0.05) is 222 Å². The van der Waals surface area contributed by atoms with Crippen molar-refractivity contribution in [1.29, 1.82) is 0 Å². The summed E-state index contributed by atoms with van der Waals surface area (Å²) in [5, 5.41) is 0. The van der Waals surface area contributed by atoms with Crippen molar-refractivity contribution in [2.75, 3.05) is 47.5 Å². The van der Waals surface area contributed by atoms with E-state index in [0.717, 1.165) is 89.9 Å². The smallest absolute Gasteiger partial charge is 0.306 e. The molecule has 0 heterocycles. The average Bonchev–Trinajstić information content (AvgIpc) is 3.30. The van der Waals surface area contributed by atoms with Gasteiger partial charge in [-0.05, 0) is 70.6 Å². The first-order chi connectivity index (χ1) is 33.0. The van der Waals surface area contributed by atoms with E-state index in [1.54, 1.807) is 0 Å². The number of ether oxygens (including phenoxy) is 2. The van der Waals surface area contributed by atoms with Crippen LogP contribution in [0.4, 0.5) is 0 Å². The molecule has 0 rings (SSSR count). The molecule has 2 unspecified atom stereocenters. The van der Waals surface area contributed by atoms with Gasteiger partial charge in [0.15, 0.2) is 6.10 Å². The van der Waals surface area contributed by atoms with E-state index >= 15 is 0 Å². The molecule has 0 N–H and O–H groups in total. The van der Waals surface area contributed by atoms with Crippen LogP contribution in [0, 0.1) is 0 Å². The number of carbonyl (C=O) groups excluding carboxylic acids is 2. The summed E-state index contributed by atoms with van der Waals surface area (Å²) in [5.41, 5.74) is 0. The Balaban J connectivity index is 3.98. The van der Waals surface area contributed by atoms with E-state index in [1.165, 1.54) is 122 Å². The van der Waals surface area contributed by atoms with Gasteiger partial charge in [0, 0.05) is 12.8 Å². The average molecular weight is 976 g/mol. The highest BCUT2D eigenvalue weighted by atomic mass is 31.2. The third kappa shape index (κ3) is 53.1. The Bertz CT molecular complexity index is 1340. The number of phosphoric acid groups is 1. The molecular formula is C58H106NO8P. The van der Waals surface area contributed by atoms with Crippen LogP contribution in [0.25, 0.3) is 0 Å². The van der Waals surface area contributed by atoms with E-state index in [0.29, 0.717) is 17.4 Å². The number of unbranched alkanes of at least 4 members (excludes halogenated alkanes) is 27. The minimum absolute atomic E-state index is 0.0318. The summed E-state index contributed by atoms with van der Waals surface area (Å²) in [6.07, 6.45) is 62.9. The zero-order chi connectivity index (χ0) is 49.9. The molecule has 68 heavy (non-hydrogen) atoms. The predicted octanol–water partition coefficient (Wildman–Crippen LogP) is 16.5. The van der Waals surface area contributed by atoms with Gasteiger partial charge in [-0.3, -0.25) is 14.2 Å². The fourth-order valence-electron chi connectivity index (χ4n) is 7.69. The lowest BCUT2D eigenvalue weighted by Crippen LogP contribution is -2.37. The Labute approximate surface area is 419 Å². The Hall–Kier alpha value is -2.29. The molecule has 0 fully saturated rings. The van der Waals surface area contributed by atoms with Gasteiger partial charge in [0.05, 0.1) is 27.7 Å². The van der Waals surface area contributed by atoms with Gasteiger partial charge in [0.2, 0.25) is 0 Å². The van der Waals surface area contributed by atoms with Crippen LogP contribution in [0.1, 0.15) is 245 Å². The summed E-state index contributed by atoms with van der Waals surface area (Å²) in [6.45, 7) is 4.09. The highest BCUT2D eigenvalue weighted by molar-refractivity contribution is 7.45. The van der Waals surface area contributed by atoms with Gasteiger partial charge in [-0.2, -0.15) is 0 Å². The normalized spacial score (nSPS) is 13.8. The number of hydrogen-bond acceptors (Lipinski definition) is 8. The maximum atomic E-state index is 12.8. The first-order valence-electron chi connectivity index (χ1n) is 28.0. The van der Waals surface area contributed by atoms with Crippen molar-refractivity contribution in [3.05, 3.63) is 60.8 Å². The lowest BCUT2D eigenvalue weighted by molar-refractivity contribution is -0.870.